The van der Waals surface area contributed by atoms with Crippen LogP contribution in [0.1, 0.15) is 28.7 Å². The molecule has 0 spiro atoms. The van der Waals surface area contributed by atoms with E-state index in [-0.39, 0.29) is 18.2 Å². The Kier molecular flexibility index (Phi) is 6.79. The number of carbonyl (C=O) groups excluding carboxylic acids is 2. The molecule has 1 heterocycles. The lowest BCUT2D eigenvalue weighted by Gasteiger charge is -2.17. The highest BCUT2D eigenvalue weighted by Gasteiger charge is 2.20. The number of aryl methyl sites for hydroxylation is 1. The number of carbonyl (C=O) groups is 2. The van der Waals surface area contributed by atoms with E-state index < -0.39 is 5.97 Å². The molecule has 0 saturated carbocycles. The van der Waals surface area contributed by atoms with Crippen LogP contribution in [-0.4, -0.2) is 52.0 Å². The van der Waals surface area contributed by atoms with Crippen molar-refractivity contribution in [1.82, 2.24) is 19.9 Å². The van der Waals surface area contributed by atoms with Gasteiger partial charge in [0.2, 0.25) is 0 Å². The average Bonchev–Trinajstić information content (AvgIpc) is 3.15. The molecule has 1 amide bonds. The molecule has 8 heteroatoms. The minimum absolute atomic E-state index is 0.0841. The highest BCUT2D eigenvalue weighted by atomic mass is 16.5. The van der Waals surface area contributed by atoms with E-state index in [0.717, 1.165) is 17.0 Å². The van der Waals surface area contributed by atoms with E-state index in [1.54, 1.807) is 14.0 Å². The van der Waals surface area contributed by atoms with Gasteiger partial charge in [0.25, 0.3) is 5.91 Å². The van der Waals surface area contributed by atoms with Gasteiger partial charge in [-0.1, -0.05) is 30.3 Å². The Morgan fingerprint density at radius 3 is 2.40 bits per heavy atom. The lowest BCUT2D eigenvalue weighted by molar-refractivity contribution is -0.133. The fraction of sp³-hybridized carbons (Fsp3) is 0.273. The van der Waals surface area contributed by atoms with Gasteiger partial charge in [0.1, 0.15) is 5.75 Å². The van der Waals surface area contributed by atoms with Crippen molar-refractivity contribution in [3.05, 3.63) is 71.5 Å². The van der Waals surface area contributed by atoms with E-state index in [4.69, 9.17) is 9.47 Å². The van der Waals surface area contributed by atoms with Crippen molar-refractivity contribution in [2.75, 3.05) is 20.3 Å². The third-order valence-electron chi connectivity index (χ3n) is 4.37. The van der Waals surface area contributed by atoms with Crippen LogP contribution in [-0.2, 0) is 16.1 Å². The fourth-order valence-corrected chi connectivity index (χ4v) is 2.77. The molecule has 1 aromatic heterocycles. The van der Waals surface area contributed by atoms with E-state index in [1.807, 2.05) is 61.5 Å². The first-order valence-corrected chi connectivity index (χ1v) is 9.60. The molecule has 30 heavy (non-hydrogen) atoms. The largest absolute Gasteiger partial charge is 0.494 e. The molecular weight excluding hydrogens is 384 g/mol. The standard InChI is InChI=1S/C22H24N4O4/c1-4-29-19-12-10-17(11-13-19)14-25(3)20(27)15-30-22(28)21-16(2)23-26(24-21)18-8-6-5-7-9-18/h5-13H,4,14-15H2,1-3H3. The molecule has 0 radical (unpaired) electrons. The molecule has 0 saturated heterocycles. The Morgan fingerprint density at radius 1 is 1.03 bits per heavy atom. The number of para-hydroxylation sites is 1. The van der Waals surface area contributed by atoms with Crippen molar-refractivity contribution < 1.29 is 19.1 Å². The minimum Gasteiger partial charge on any atom is -0.494 e. The normalized spacial score (nSPS) is 10.5. The quantitative estimate of drug-likeness (QED) is 0.533. The first-order valence-electron chi connectivity index (χ1n) is 9.60. The van der Waals surface area contributed by atoms with Crippen LogP contribution in [0, 0.1) is 6.92 Å². The van der Waals surface area contributed by atoms with Crippen LogP contribution < -0.4 is 4.74 Å². The average molecular weight is 408 g/mol. The molecule has 156 valence electrons. The number of ether oxygens (including phenoxy) is 2. The van der Waals surface area contributed by atoms with Crippen LogP contribution in [0.5, 0.6) is 5.75 Å². The number of amides is 1. The number of rotatable bonds is 8. The monoisotopic (exact) mass is 408 g/mol. The van der Waals surface area contributed by atoms with Crippen LogP contribution in [0.15, 0.2) is 54.6 Å². The molecule has 3 aromatic rings. The SMILES string of the molecule is CCOc1ccc(CN(C)C(=O)COC(=O)c2nn(-c3ccccc3)nc2C)cc1. The van der Waals surface area contributed by atoms with Crippen molar-refractivity contribution in [2.24, 2.45) is 0 Å². The number of likely N-dealkylation sites (N-methyl/N-ethyl adjacent to an activating group) is 1. The minimum atomic E-state index is -0.683. The van der Waals surface area contributed by atoms with Crippen molar-refractivity contribution in [2.45, 2.75) is 20.4 Å². The molecule has 0 aliphatic heterocycles. The number of hydrogen-bond acceptors (Lipinski definition) is 6. The maximum absolute atomic E-state index is 12.4. The predicted octanol–water partition coefficient (Wildman–Crippen LogP) is 2.79. The van der Waals surface area contributed by atoms with Gasteiger partial charge in [-0.3, -0.25) is 4.79 Å². The highest BCUT2D eigenvalue weighted by Crippen LogP contribution is 2.14. The molecule has 0 aliphatic carbocycles. The summed E-state index contributed by atoms with van der Waals surface area (Å²) in [5.41, 5.74) is 2.19. The van der Waals surface area contributed by atoms with Crippen LogP contribution >= 0.6 is 0 Å². The second-order valence-electron chi connectivity index (χ2n) is 6.66. The van der Waals surface area contributed by atoms with Crippen molar-refractivity contribution in [3.63, 3.8) is 0 Å². The topological polar surface area (TPSA) is 86.5 Å². The third-order valence-corrected chi connectivity index (χ3v) is 4.37. The molecule has 0 N–H and O–H groups in total. The summed E-state index contributed by atoms with van der Waals surface area (Å²) in [6.07, 6.45) is 0. The second kappa shape index (κ2) is 9.69. The molecule has 2 aromatic carbocycles. The van der Waals surface area contributed by atoms with Crippen LogP contribution in [0.2, 0.25) is 0 Å². The van der Waals surface area contributed by atoms with Gasteiger partial charge >= 0.3 is 5.97 Å². The summed E-state index contributed by atoms with van der Waals surface area (Å²) in [5.74, 6) is -0.217. The smallest absolute Gasteiger partial charge is 0.361 e. The molecule has 0 fully saturated rings. The maximum atomic E-state index is 12.4. The first-order chi connectivity index (χ1) is 14.5. The Balaban J connectivity index is 1.55. The van der Waals surface area contributed by atoms with Gasteiger partial charge in [-0.25, -0.2) is 4.79 Å². The summed E-state index contributed by atoms with van der Waals surface area (Å²) in [7, 11) is 1.66. The van der Waals surface area contributed by atoms with Gasteiger partial charge in [-0.2, -0.15) is 9.90 Å². The number of nitrogens with zero attached hydrogens (tertiary/aromatic N) is 4. The van der Waals surface area contributed by atoms with Gasteiger partial charge in [0, 0.05) is 13.6 Å². The number of benzene rings is 2. The molecular formula is C22H24N4O4. The zero-order valence-electron chi connectivity index (χ0n) is 17.2. The molecule has 3 rings (SSSR count). The lowest BCUT2D eigenvalue weighted by atomic mass is 10.2. The number of hydrogen-bond donors (Lipinski definition) is 0. The summed E-state index contributed by atoms with van der Waals surface area (Å²) < 4.78 is 10.6. The van der Waals surface area contributed by atoms with Gasteiger partial charge in [0.15, 0.2) is 12.3 Å². The number of esters is 1. The summed E-state index contributed by atoms with van der Waals surface area (Å²) in [4.78, 5) is 27.6. The molecule has 0 aliphatic rings. The van der Waals surface area contributed by atoms with Crippen molar-refractivity contribution >= 4 is 11.9 Å². The van der Waals surface area contributed by atoms with E-state index in [1.165, 1.54) is 9.70 Å². The fourth-order valence-electron chi connectivity index (χ4n) is 2.77. The van der Waals surface area contributed by atoms with Crippen LogP contribution in [0.4, 0.5) is 0 Å². The van der Waals surface area contributed by atoms with Crippen LogP contribution in [0.25, 0.3) is 5.69 Å². The summed E-state index contributed by atoms with van der Waals surface area (Å²) in [5, 5.41) is 8.43. The maximum Gasteiger partial charge on any atom is 0.361 e. The Hall–Kier alpha value is -3.68. The molecule has 0 bridgehead atoms. The van der Waals surface area contributed by atoms with Gasteiger partial charge in [-0.15, -0.1) is 5.10 Å². The summed E-state index contributed by atoms with van der Waals surface area (Å²) >= 11 is 0. The van der Waals surface area contributed by atoms with Gasteiger partial charge < -0.3 is 14.4 Å². The Morgan fingerprint density at radius 2 is 1.73 bits per heavy atom. The summed E-state index contributed by atoms with van der Waals surface area (Å²) in [6, 6.07) is 16.7. The Labute approximate surface area is 175 Å². The van der Waals surface area contributed by atoms with Gasteiger partial charge in [-0.05, 0) is 43.7 Å². The Bertz CT molecular complexity index is 1000. The van der Waals surface area contributed by atoms with Crippen molar-refractivity contribution in [1.29, 1.82) is 0 Å². The molecule has 0 atom stereocenters. The third kappa shape index (κ3) is 5.22. The van der Waals surface area contributed by atoms with E-state index >= 15 is 0 Å². The summed E-state index contributed by atoms with van der Waals surface area (Å²) in [6.45, 7) is 4.21. The second-order valence-corrected chi connectivity index (χ2v) is 6.66. The highest BCUT2D eigenvalue weighted by molar-refractivity contribution is 5.90. The zero-order chi connectivity index (χ0) is 21.5. The van der Waals surface area contributed by atoms with Crippen molar-refractivity contribution in [3.8, 4) is 11.4 Å². The molecule has 8 nitrogen and oxygen atoms in total. The van der Waals surface area contributed by atoms with Gasteiger partial charge in [0.05, 0.1) is 18.0 Å². The first kappa shape index (κ1) is 21.0. The van der Waals surface area contributed by atoms with E-state index in [9.17, 15) is 9.59 Å². The van der Waals surface area contributed by atoms with Crippen LogP contribution in [0.3, 0.4) is 0 Å². The zero-order valence-corrected chi connectivity index (χ0v) is 17.2. The predicted molar refractivity (Wildman–Crippen MR) is 110 cm³/mol. The lowest BCUT2D eigenvalue weighted by Crippen LogP contribution is -2.31. The van der Waals surface area contributed by atoms with E-state index in [2.05, 4.69) is 10.2 Å². The molecule has 0 unspecified atom stereocenters. The number of aromatic nitrogens is 3. The van der Waals surface area contributed by atoms with E-state index in [0.29, 0.717) is 18.8 Å².